The molecule has 2 N–H and O–H groups in total. The number of amides is 1. The van der Waals surface area contributed by atoms with Gasteiger partial charge in [0.05, 0.1) is 12.1 Å². The number of carbonyl (C=O) groups excluding carboxylic acids is 2. The highest BCUT2D eigenvalue weighted by atomic mass is 79.9. The average Bonchev–Trinajstić information content (AvgIpc) is 2.65. The average molecular weight is 545 g/mol. The zero-order valence-electron chi connectivity index (χ0n) is 18.3. The molecule has 0 fully saturated rings. The molecule has 0 heterocycles. The third-order valence-corrected chi connectivity index (χ3v) is 5.72. The van der Waals surface area contributed by atoms with Crippen molar-refractivity contribution in [1.82, 2.24) is 5.32 Å². The number of ether oxygens (including phenoxy) is 1. The summed E-state index contributed by atoms with van der Waals surface area (Å²) in [5.41, 5.74) is 1.04. The Kier molecular flexibility index (Phi) is 10.0. The van der Waals surface area contributed by atoms with E-state index in [0.717, 1.165) is 15.6 Å². The molecule has 0 aliphatic carbocycles. The van der Waals surface area contributed by atoms with Gasteiger partial charge in [-0.1, -0.05) is 57.3 Å². The van der Waals surface area contributed by atoms with Gasteiger partial charge in [-0.2, -0.15) is 0 Å². The number of nitrogens with one attached hydrogen (secondary N) is 1. The first-order chi connectivity index (χ1) is 14.9. The Morgan fingerprint density at radius 3 is 2.50 bits per heavy atom. The standard InChI is InChI=1S/C24H28BrCl2NO4/c1-24(2,3)32-23(31)28-21(12-15-5-4-6-17(25)11-15)22(30)14-19(29)10-8-16-7-9-18(26)13-20(16)27/h4-7,9,11,13,21-22,30H,8,10,12,14H2,1-3H3,(H,28,31)/t21-,22+/m0/s1. The fourth-order valence-corrected chi connectivity index (χ4v) is 4.09. The SMILES string of the molecule is CC(C)(C)OC(=O)N[C@@H](Cc1cccc(Br)c1)[C@H](O)CC(=O)CCc1ccc(Cl)cc1Cl. The number of aryl methyl sites for hydroxylation is 1. The van der Waals surface area contributed by atoms with E-state index in [1.54, 1.807) is 39.0 Å². The van der Waals surface area contributed by atoms with Gasteiger partial charge in [0.2, 0.25) is 0 Å². The highest BCUT2D eigenvalue weighted by molar-refractivity contribution is 9.10. The van der Waals surface area contributed by atoms with Crippen molar-refractivity contribution in [2.24, 2.45) is 0 Å². The minimum atomic E-state index is -1.07. The Labute approximate surface area is 207 Å². The van der Waals surface area contributed by atoms with Crippen molar-refractivity contribution in [3.05, 3.63) is 68.1 Å². The summed E-state index contributed by atoms with van der Waals surface area (Å²) in [5, 5.41) is 14.6. The summed E-state index contributed by atoms with van der Waals surface area (Å²) in [5.74, 6) is -0.131. The molecule has 0 radical (unpaired) electrons. The quantitative estimate of drug-likeness (QED) is 0.397. The fourth-order valence-electron chi connectivity index (χ4n) is 3.14. The van der Waals surface area contributed by atoms with Crippen LogP contribution in [0.3, 0.4) is 0 Å². The van der Waals surface area contributed by atoms with E-state index in [2.05, 4.69) is 21.2 Å². The van der Waals surface area contributed by atoms with Crippen LogP contribution in [-0.2, 0) is 22.4 Å². The van der Waals surface area contributed by atoms with Crippen LogP contribution in [-0.4, -0.2) is 34.7 Å². The summed E-state index contributed by atoms with van der Waals surface area (Å²) < 4.78 is 6.22. The number of hydrogen-bond donors (Lipinski definition) is 2. The maximum absolute atomic E-state index is 12.6. The second-order valence-electron chi connectivity index (χ2n) is 8.63. The molecular weight excluding hydrogens is 517 g/mol. The Bertz CT molecular complexity index is 946. The molecule has 0 aliphatic rings. The summed E-state index contributed by atoms with van der Waals surface area (Å²) >= 11 is 15.5. The molecule has 2 aromatic rings. The number of Topliss-reactive ketones (excluding diaryl/α,β-unsaturated/α-hetero) is 1. The van der Waals surface area contributed by atoms with Crippen molar-refractivity contribution >= 4 is 51.0 Å². The van der Waals surface area contributed by atoms with E-state index in [9.17, 15) is 14.7 Å². The predicted octanol–water partition coefficient (Wildman–Crippen LogP) is 6.14. The highest BCUT2D eigenvalue weighted by Crippen LogP contribution is 2.23. The summed E-state index contributed by atoms with van der Waals surface area (Å²) in [6.07, 6.45) is -0.812. The molecule has 5 nitrogen and oxygen atoms in total. The van der Waals surface area contributed by atoms with Crippen LogP contribution in [0.1, 0.15) is 44.7 Å². The second kappa shape index (κ2) is 12.0. The van der Waals surface area contributed by atoms with Crippen LogP contribution >= 0.6 is 39.1 Å². The molecule has 0 saturated carbocycles. The largest absolute Gasteiger partial charge is 0.444 e. The number of aliphatic hydroxyl groups excluding tert-OH is 1. The van der Waals surface area contributed by atoms with Crippen molar-refractivity contribution in [3.8, 4) is 0 Å². The molecule has 0 aliphatic heterocycles. The number of ketones is 1. The molecule has 0 spiro atoms. The fraction of sp³-hybridized carbons (Fsp3) is 0.417. The summed E-state index contributed by atoms with van der Waals surface area (Å²) in [6, 6.07) is 12.0. The lowest BCUT2D eigenvalue weighted by molar-refractivity contribution is -0.121. The van der Waals surface area contributed by atoms with Crippen LogP contribution < -0.4 is 5.32 Å². The van der Waals surface area contributed by atoms with Gasteiger partial charge >= 0.3 is 6.09 Å². The number of carbonyl (C=O) groups is 2. The molecule has 0 aromatic heterocycles. The van der Waals surface area contributed by atoms with Gasteiger partial charge in [-0.3, -0.25) is 4.79 Å². The zero-order chi connectivity index (χ0) is 23.9. The van der Waals surface area contributed by atoms with Gasteiger partial charge in [-0.25, -0.2) is 4.79 Å². The van der Waals surface area contributed by atoms with Crippen LogP contribution in [0.15, 0.2) is 46.9 Å². The van der Waals surface area contributed by atoms with Gasteiger partial charge in [0, 0.05) is 27.4 Å². The third-order valence-electron chi connectivity index (χ3n) is 4.64. The van der Waals surface area contributed by atoms with Gasteiger partial charge in [0.25, 0.3) is 0 Å². The monoisotopic (exact) mass is 543 g/mol. The topological polar surface area (TPSA) is 75.6 Å². The van der Waals surface area contributed by atoms with Gasteiger partial charge in [-0.05, 0) is 69.0 Å². The van der Waals surface area contributed by atoms with Gasteiger partial charge < -0.3 is 15.2 Å². The smallest absolute Gasteiger partial charge is 0.407 e. The second-order valence-corrected chi connectivity index (χ2v) is 10.4. The maximum atomic E-state index is 12.6. The maximum Gasteiger partial charge on any atom is 0.407 e. The lowest BCUT2D eigenvalue weighted by Gasteiger charge is -2.26. The van der Waals surface area contributed by atoms with Crippen molar-refractivity contribution in [3.63, 3.8) is 0 Å². The number of aliphatic hydroxyl groups is 1. The summed E-state index contributed by atoms with van der Waals surface area (Å²) in [6.45, 7) is 5.28. The van der Waals surface area contributed by atoms with E-state index in [4.69, 9.17) is 27.9 Å². The third kappa shape index (κ3) is 9.49. The van der Waals surface area contributed by atoms with E-state index in [1.165, 1.54) is 0 Å². The van der Waals surface area contributed by atoms with E-state index in [-0.39, 0.29) is 18.6 Å². The first-order valence-electron chi connectivity index (χ1n) is 10.3. The van der Waals surface area contributed by atoms with Crippen LogP contribution in [0.5, 0.6) is 0 Å². The molecule has 32 heavy (non-hydrogen) atoms. The van der Waals surface area contributed by atoms with Gasteiger partial charge in [0.1, 0.15) is 11.4 Å². The van der Waals surface area contributed by atoms with Gasteiger partial charge in [0.15, 0.2) is 0 Å². The van der Waals surface area contributed by atoms with Crippen molar-refractivity contribution < 1.29 is 19.4 Å². The first-order valence-corrected chi connectivity index (χ1v) is 11.9. The molecule has 2 atom stereocenters. The Hall–Kier alpha value is -1.60. The van der Waals surface area contributed by atoms with Crippen LogP contribution in [0.2, 0.25) is 10.0 Å². The number of halogens is 3. The van der Waals surface area contributed by atoms with Crippen LogP contribution in [0.25, 0.3) is 0 Å². The predicted molar refractivity (Wildman–Crippen MR) is 131 cm³/mol. The summed E-state index contributed by atoms with van der Waals surface area (Å²) in [7, 11) is 0. The zero-order valence-corrected chi connectivity index (χ0v) is 21.4. The molecular formula is C24H28BrCl2NO4. The van der Waals surface area contributed by atoms with Gasteiger partial charge in [-0.15, -0.1) is 0 Å². The van der Waals surface area contributed by atoms with E-state index >= 15 is 0 Å². The van der Waals surface area contributed by atoms with Crippen LogP contribution in [0.4, 0.5) is 4.79 Å². The van der Waals surface area contributed by atoms with Crippen molar-refractivity contribution in [2.45, 2.75) is 64.2 Å². The Morgan fingerprint density at radius 2 is 1.88 bits per heavy atom. The Morgan fingerprint density at radius 1 is 1.16 bits per heavy atom. The highest BCUT2D eigenvalue weighted by Gasteiger charge is 2.26. The van der Waals surface area contributed by atoms with E-state index < -0.39 is 23.8 Å². The molecule has 8 heteroatoms. The van der Waals surface area contributed by atoms with Crippen molar-refractivity contribution in [2.75, 3.05) is 0 Å². The molecule has 0 bridgehead atoms. The number of hydrogen-bond acceptors (Lipinski definition) is 4. The molecule has 2 rings (SSSR count). The lowest BCUT2D eigenvalue weighted by atomic mass is 9.96. The number of benzene rings is 2. The number of alkyl carbamates (subject to hydrolysis) is 1. The number of rotatable bonds is 9. The first kappa shape index (κ1) is 26.7. The molecule has 1 amide bonds. The van der Waals surface area contributed by atoms with E-state index in [0.29, 0.717) is 22.9 Å². The minimum absolute atomic E-state index is 0.0975. The summed E-state index contributed by atoms with van der Waals surface area (Å²) in [4.78, 5) is 24.9. The minimum Gasteiger partial charge on any atom is -0.444 e. The lowest BCUT2D eigenvalue weighted by Crippen LogP contribution is -2.47. The molecule has 174 valence electrons. The Balaban J connectivity index is 2.03. The van der Waals surface area contributed by atoms with Crippen molar-refractivity contribution in [1.29, 1.82) is 0 Å². The van der Waals surface area contributed by atoms with E-state index in [1.807, 2.05) is 24.3 Å². The van der Waals surface area contributed by atoms with Crippen LogP contribution in [0, 0.1) is 0 Å². The normalized spacial score (nSPS) is 13.3. The molecule has 0 unspecified atom stereocenters. The molecule has 0 saturated heterocycles. The molecule has 2 aromatic carbocycles.